The van der Waals surface area contributed by atoms with E-state index in [1.165, 1.54) is 7.11 Å². The van der Waals surface area contributed by atoms with E-state index in [9.17, 15) is 4.79 Å². The van der Waals surface area contributed by atoms with Crippen LogP contribution in [0, 0.1) is 13.8 Å². The number of aryl methyl sites for hydroxylation is 1. The number of anilines is 1. The SMILES string of the molecule is COC(=O)c1ccccc1-n1c(C)cc(C2C(c3ccccn3)NC(=S)N2c2ccc(OC(C)C)cc2)c1C. The Labute approximate surface area is 234 Å². The second kappa shape index (κ2) is 10.9. The maximum atomic E-state index is 12.6. The van der Waals surface area contributed by atoms with Gasteiger partial charge in [0, 0.05) is 23.3 Å². The molecule has 0 saturated carbocycles. The number of carbonyl (C=O) groups is 1. The Morgan fingerprint density at radius 2 is 1.74 bits per heavy atom. The molecule has 2 atom stereocenters. The summed E-state index contributed by atoms with van der Waals surface area (Å²) in [5, 5.41) is 4.15. The number of methoxy groups -OCH3 is 1. The van der Waals surface area contributed by atoms with E-state index in [4.69, 9.17) is 21.7 Å². The highest BCUT2D eigenvalue weighted by molar-refractivity contribution is 7.80. The lowest BCUT2D eigenvalue weighted by molar-refractivity contribution is 0.0600. The summed E-state index contributed by atoms with van der Waals surface area (Å²) in [5.74, 6) is 0.433. The molecule has 4 aromatic rings. The van der Waals surface area contributed by atoms with Gasteiger partial charge in [0.25, 0.3) is 0 Å². The van der Waals surface area contributed by atoms with Gasteiger partial charge in [-0.2, -0.15) is 0 Å². The number of pyridine rings is 1. The van der Waals surface area contributed by atoms with Gasteiger partial charge in [-0.05, 0) is 100 Å². The highest BCUT2D eigenvalue weighted by Gasteiger charge is 2.42. The minimum atomic E-state index is -0.375. The topological polar surface area (TPSA) is 68.6 Å². The molecule has 2 unspecified atom stereocenters. The molecule has 8 heteroatoms. The largest absolute Gasteiger partial charge is 0.491 e. The predicted molar refractivity (Wildman–Crippen MR) is 157 cm³/mol. The van der Waals surface area contributed by atoms with Crippen LogP contribution in [0.3, 0.4) is 0 Å². The standard InChI is InChI=1S/C31H32N4O3S/c1-19(2)38-23-15-13-22(14-16-23)35-29(28(33-31(35)39)26-11-8-9-17-32-26)25-18-20(3)34(21(25)4)27-12-7-6-10-24(27)30(36)37-5/h6-19,28-29H,1-5H3,(H,33,39). The Morgan fingerprint density at radius 1 is 1.03 bits per heavy atom. The highest BCUT2D eigenvalue weighted by atomic mass is 32.1. The molecular weight excluding hydrogens is 508 g/mol. The van der Waals surface area contributed by atoms with Gasteiger partial charge < -0.3 is 24.3 Å². The zero-order chi connectivity index (χ0) is 27.7. The number of para-hydroxylation sites is 1. The van der Waals surface area contributed by atoms with Crippen molar-refractivity contribution in [2.45, 2.75) is 45.9 Å². The number of thiocarbonyl (C=S) groups is 1. The number of benzene rings is 2. The van der Waals surface area contributed by atoms with Crippen molar-refractivity contribution < 1.29 is 14.3 Å². The van der Waals surface area contributed by atoms with Crippen molar-refractivity contribution in [1.29, 1.82) is 0 Å². The monoisotopic (exact) mass is 540 g/mol. The first-order chi connectivity index (χ1) is 18.8. The molecule has 39 heavy (non-hydrogen) atoms. The van der Waals surface area contributed by atoms with E-state index >= 15 is 0 Å². The summed E-state index contributed by atoms with van der Waals surface area (Å²) in [5.41, 5.74) is 6.21. The van der Waals surface area contributed by atoms with Crippen LogP contribution < -0.4 is 15.0 Å². The summed E-state index contributed by atoms with van der Waals surface area (Å²) in [6.07, 6.45) is 1.89. The molecule has 0 radical (unpaired) electrons. The minimum absolute atomic E-state index is 0.0879. The second-order valence-electron chi connectivity index (χ2n) is 9.83. The van der Waals surface area contributed by atoms with Crippen molar-refractivity contribution in [3.05, 3.63) is 107 Å². The third kappa shape index (κ3) is 5.00. The van der Waals surface area contributed by atoms with Crippen LogP contribution in [-0.2, 0) is 4.74 Å². The van der Waals surface area contributed by atoms with E-state index in [0.29, 0.717) is 10.7 Å². The maximum Gasteiger partial charge on any atom is 0.339 e. The number of esters is 1. The van der Waals surface area contributed by atoms with Crippen molar-refractivity contribution in [1.82, 2.24) is 14.9 Å². The summed E-state index contributed by atoms with van der Waals surface area (Å²) in [7, 11) is 1.40. The first-order valence-corrected chi connectivity index (χ1v) is 13.3. The van der Waals surface area contributed by atoms with E-state index < -0.39 is 0 Å². The molecule has 0 aliphatic carbocycles. The summed E-state index contributed by atoms with van der Waals surface area (Å²) in [6.45, 7) is 8.14. The molecule has 2 aromatic heterocycles. The van der Waals surface area contributed by atoms with E-state index in [1.54, 1.807) is 12.3 Å². The average Bonchev–Trinajstić information content (AvgIpc) is 3.43. The fourth-order valence-corrected chi connectivity index (χ4v) is 5.66. The molecule has 0 spiro atoms. The number of hydrogen-bond donors (Lipinski definition) is 1. The number of hydrogen-bond acceptors (Lipinski definition) is 5. The molecule has 7 nitrogen and oxygen atoms in total. The van der Waals surface area contributed by atoms with Crippen LogP contribution in [0.25, 0.3) is 5.69 Å². The molecule has 200 valence electrons. The number of nitrogens with one attached hydrogen (secondary N) is 1. The van der Waals surface area contributed by atoms with Gasteiger partial charge in [0.2, 0.25) is 0 Å². The van der Waals surface area contributed by atoms with E-state index in [0.717, 1.165) is 39.8 Å². The fourth-order valence-electron chi connectivity index (χ4n) is 5.32. The number of aromatic nitrogens is 2. The summed E-state index contributed by atoms with van der Waals surface area (Å²) in [4.78, 5) is 19.4. The minimum Gasteiger partial charge on any atom is -0.491 e. The predicted octanol–water partition coefficient (Wildman–Crippen LogP) is 6.24. The van der Waals surface area contributed by atoms with E-state index in [-0.39, 0.29) is 24.2 Å². The van der Waals surface area contributed by atoms with Gasteiger partial charge >= 0.3 is 5.97 Å². The Kier molecular flexibility index (Phi) is 7.39. The first kappa shape index (κ1) is 26.4. The number of carbonyl (C=O) groups excluding carboxylic acids is 1. The van der Waals surface area contributed by atoms with Crippen molar-refractivity contribution in [2.24, 2.45) is 0 Å². The lowest BCUT2D eigenvalue weighted by atomic mass is 9.96. The quantitative estimate of drug-likeness (QED) is 0.220. The van der Waals surface area contributed by atoms with Crippen LogP contribution in [0.4, 0.5) is 5.69 Å². The number of rotatable bonds is 7. The van der Waals surface area contributed by atoms with Gasteiger partial charge in [-0.3, -0.25) is 4.98 Å². The van der Waals surface area contributed by atoms with Gasteiger partial charge in [0.1, 0.15) is 5.75 Å². The van der Waals surface area contributed by atoms with Gasteiger partial charge in [-0.1, -0.05) is 18.2 Å². The molecule has 0 bridgehead atoms. The smallest absolute Gasteiger partial charge is 0.339 e. The normalized spacial score (nSPS) is 16.9. The Hall–Kier alpha value is -4.17. The zero-order valence-electron chi connectivity index (χ0n) is 22.7. The lowest BCUT2D eigenvalue weighted by Crippen LogP contribution is -2.29. The summed E-state index contributed by atoms with van der Waals surface area (Å²) < 4.78 is 13.1. The van der Waals surface area contributed by atoms with Crippen LogP contribution in [-0.4, -0.2) is 33.8 Å². The van der Waals surface area contributed by atoms with E-state index in [1.807, 2.05) is 81.4 Å². The molecule has 1 aliphatic heterocycles. The first-order valence-electron chi connectivity index (χ1n) is 12.9. The second-order valence-corrected chi connectivity index (χ2v) is 10.2. The lowest BCUT2D eigenvalue weighted by Gasteiger charge is -2.28. The molecule has 3 heterocycles. The van der Waals surface area contributed by atoms with Crippen molar-refractivity contribution in [3.8, 4) is 11.4 Å². The molecule has 1 aliphatic rings. The third-order valence-electron chi connectivity index (χ3n) is 6.92. The van der Waals surface area contributed by atoms with Gasteiger partial charge in [-0.25, -0.2) is 4.79 Å². The molecule has 2 aromatic carbocycles. The maximum absolute atomic E-state index is 12.6. The Morgan fingerprint density at radius 3 is 2.41 bits per heavy atom. The van der Waals surface area contributed by atoms with Crippen LogP contribution in [0.2, 0.25) is 0 Å². The van der Waals surface area contributed by atoms with Crippen LogP contribution in [0.1, 0.15) is 58.9 Å². The highest BCUT2D eigenvalue weighted by Crippen LogP contribution is 2.44. The number of ether oxygens (including phenoxy) is 2. The van der Waals surface area contributed by atoms with Crippen molar-refractivity contribution in [3.63, 3.8) is 0 Å². The Balaban J connectivity index is 1.65. The van der Waals surface area contributed by atoms with E-state index in [2.05, 4.69) is 32.8 Å². The van der Waals surface area contributed by atoms with Crippen molar-refractivity contribution in [2.75, 3.05) is 12.0 Å². The van der Waals surface area contributed by atoms with Crippen molar-refractivity contribution >= 4 is 29.0 Å². The molecule has 1 N–H and O–H groups in total. The molecule has 5 rings (SSSR count). The zero-order valence-corrected chi connectivity index (χ0v) is 23.5. The number of nitrogens with zero attached hydrogens (tertiary/aromatic N) is 3. The molecular formula is C31H32N4O3S. The molecule has 0 amide bonds. The average molecular weight is 541 g/mol. The molecule has 1 saturated heterocycles. The van der Waals surface area contributed by atoms with Gasteiger partial charge in [0.15, 0.2) is 5.11 Å². The fraction of sp³-hybridized carbons (Fsp3) is 0.258. The Bertz CT molecular complexity index is 1500. The summed E-state index contributed by atoms with van der Waals surface area (Å²) in [6, 6.07) is 23.2. The third-order valence-corrected chi connectivity index (χ3v) is 7.24. The van der Waals surface area contributed by atoms with Crippen LogP contribution >= 0.6 is 12.2 Å². The molecule has 1 fully saturated rings. The van der Waals surface area contributed by atoms with Gasteiger partial charge in [-0.15, -0.1) is 0 Å². The van der Waals surface area contributed by atoms with Crippen LogP contribution in [0.15, 0.2) is 79.0 Å². The summed E-state index contributed by atoms with van der Waals surface area (Å²) >= 11 is 5.91. The van der Waals surface area contributed by atoms with Gasteiger partial charge in [0.05, 0.1) is 42.2 Å². The van der Waals surface area contributed by atoms with Crippen LogP contribution in [0.5, 0.6) is 5.75 Å².